The predicted molar refractivity (Wildman–Crippen MR) is 45.4 cm³/mol. The van der Waals surface area contributed by atoms with Crippen molar-refractivity contribution in [3.8, 4) is 0 Å². The SMILES string of the molecule is CCCCCCNC([O])=S. The summed E-state index contributed by atoms with van der Waals surface area (Å²) in [5, 5.41) is 12.4. The lowest BCUT2D eigenvalue weighted by molar-refractivity contribution is 0.413. The minimum absolute atomic E-state index is 0.337. The van der Waals surface area contributed by atoms with Crippen LogP contribution in [0.1, 0.15) is 32.6 Å². The summed E-state index contributed by atoms with van der Waals surface area (Å²) in [4.78, 5) is 0. The Hall–Kier alpha value is -0.310. The molecule has 1 radical (unpaired) electrons. The zero-order chi connectivity index (χ0) is 7.82. The Morgan fingerprint density at radius 3 is 2.60 bits per heavy atom. The Kier molecular flexibility index (Phi) is 6.59. The first-order chi connectivity index (χ1) is 4.77. The van der Waals surface area contributed by atoms with Crippen molar-refractivity contribution in [2.75, 3.05) is 6.54 Å². The van der Waals surface area contributed by atoms with Crippen molar-refractivity contribution in [2.45, 2.75) is 32.6 Å². The largest absolute Gasteiger partial charge is 0.343 e. The van der Waals surface area contributed by atoms with E-state index in [-0.39, 0.29) is 5.17 Å². The highest BCUT2D eigenvalue weighted by atomic mass is 32.1. The number of rotatable bonds is 5. The van der Waals surface area contributed by atoms with Gasteiger partial charge in [0.15, 0.2) is 0 Å². The van der Waals surface area contributed by atoms with Crippen LogP contribution in [0, 0.1) is 0 Å². The second-order valence-electron chi connectivity index (χ2n) is 2.27. The Bertz CT molecular complexity index is 95.6. The summed E-state index contributed by atoms with van der Waals surface area (Å²) in [6.45, 7) is 2.90. The maximum Gasteiger partial charge on any atom is 0.310 e. The predicted octanol–water partition coefficient (Wildman–Crippen LogP) is 1.87. The van der Waals surface area contributed by atoms with E-state index in [9.17, 15) is 5.11 Å². The number of unbranched alkanes of at least 4 members (excludes halogenated alkanes) is 3. The lowest BCUT2D eigenvalue weighted by Gasteiger charge is -1.98. The van der Waals surface area contributed by atoms with Gasteiger partial charge in [-0.15, -0.1) is 0 Å². The van der Waals surface area contributed by atoms with Gasteiger partial charge < -0.3 is 5.32 Å². The molecule has 0 bridgehead atoms. The molecule has 2 nitrogen and oxygen atoms in total. The highest BCUT2D eigenvalue weighted by molar-refractivity contribution is 7.79. The maximum absolute atomic E-state index is 10.2. The van der Waals surface area contributed by atoms with Gasteiger partial charge in [-0.3, -0.25) is 5.11 Å². The molecule has 0 heterocycles. The summed E-state index contributed by atoms with van der Waals surface area (Å²) in [6, 6.07) is 0. The molecule has 0 atom stereocenters. The highest BCUT2D eigenvalue weighted by Gasteiger charge is 1.90. The van der Waals surface area contributed by atoms with Crippen LogP contribution in [0.25, 0.3) is 0 Å². The van der Waals surface area contributed by atoms with Crippen LogP contribution < -0.4 is 5.32 Å². The van der Waals surface area contributed by atoms with Crippen LogP contribution in [-0.4, -0.2) is 11.7 Å². The van der Waals surface area contributed by atoms with Crippen LogP contribution in [0.2, 0.25) is 0 Å². The molecule has 0 saturated carbocycles. The molecule has 0 rings (SSSR count). The van der Waals surface area contributed by atoms with E-state index in [0.717, 1.165) is 13.0 Å². The van der Waals surface area contributed by atoms with E-state index in [2.05, 4.69) is 24.5 Å². The van der Waals surface area contributed by atoms with Gasteiger partial charge in [-0.2, -0.15) is 0 Å². The second-order valence-corrected chi connectivity index (χ2v) is 2.65. The van der Waals surface area contributed by atoms with Gasteiger partial charge in [0.05, 0.1) is 0 Å². The number of thiocarbonyl (C=S) groups is 1. The van der Waals surface area contributed by atoms with Gasteiger partial charge in [0.2, 0.25) is 0 Å². The van der Waals surface area contributed by atoms with Crippen molar-refractivity contribution in [2.24, 2.45) is 0 Å². The van der Waals surface area contributed by atoms with Crippen molar-refractivity contribution in [3.63, 3.8) is 0 Å². The molecule has 0 fully saturated rings. The molecule has 0 unspecified atom stereocenters. The molecule has 0 aliphatic heterocycles. The average molecular weight is 160 g/mol. The minimum Gasteiger partial charge on any atom is -0.343 e. The smallest absolute Gasteiger partial charge is 0.310 e. The van der Waals surface area contributed by atoms with E-state index < -0.39 is 0 Å². The molecule has 1 N–H and O–H groups in total. The monoisotopic (exact) mass is 160 g/mol. The average Bonchev–Trinajstić information content (AvgIpc) is 1.87. The molecule has 0 amide bonds. The molecule has 0 aromatic rings. The first kappa shape index (κ1) is 9.69. The first-order valence-corrected chi connectivity index (χ1v) is 4.13. The zero-order valence-electron chi connectivity index (χ0n) is 6.35. The van der Waals surface area contributed by atoms with Crippen LogP contribution in [0.5, 0.6) is 0 Å². The molecule has 0 spiro atoms. The van der Waals surface area contributed by atoms with E-state index in [0.29, 0.717) is 0 Å². The second kappa shape index (κ2) is 6.81. The summed E-state index contributed by atoms with van der Waals surface area (Å²) < 4.78 is 0. The third kappa shape index (κ3) is 7.69. The van der Waals surface area contributed by atoms with Gasteiger partial charge in [0.1, 0.15) is 0 Å². The summed E-state index contributed by atoms with van der Waals surface area (Å²) in [5.41, 5.74) is 0. The van der Waals surface area contributed by atoms with Crippen molar-refractivity contribution in [1.82, 2.24) is 5.32 Å². The third-order valence-corrected chi connectivity index (χ3v) is 1.44. The molecule has 0 aromatic carbocycles. The van der Waals surface area contributed by atoms with E-state index in [1.807, 2.05) is 0 Å². The normalized spacial score (nSPS) is 9.30. The Balaban J connectivity index is 2.84. The fraction of sp³-hybridized carbons (Fsp3) is 0.857. The molecule has 0 aliphatic rings. The van der Waals surface area contributed by atoms with Crippen molar-refractivity contribution in [1.29, 1.82) is 0 Å². The summed E-state index contributed by atoms with van der Waals surface area (Å²) >= 11 is 4.31. The van der Waals surface area contributed by atoms with Crippen LogP contribution in [-0.2, 0) is 5.11 Å². The van der Waals surface area contributed by atoms with Crippen molar-refractivity contribution < 1.29 is 5.11 Å². The summed E-state index contributed by atoms with van der Waals surface area (Å²) in [7, 11) is 0. The topological polar surface area (TPSA) is 31.9 Å². The number of hydrogen-bond donors (Lipinski definition) is 1. The van der Waals surface area contributed by atoms with Crippen LogP contribution in [0.4, 0.5) is 0 Å². The van der Waals surface area contributed by atoms with Crippen LogP contribution in [0.15, 0.2) is 0 Å². The lowest BCUT2D eigenvalue weighted by atomic mass is 10.2. The van der Waals surface area contributed by atoms with E-state index in [4.69, 9.17) is 0 Å². The van der Waals surface area contributed by atoms with Crippen LogP contribution >= 0.6 is 12.2 Å². The van der Waals surface area contributed by atoms with Gasteiger partial charge in [-0.25, -0.2) is 0 Å². The molecule has 0 saturated heterocycles. The number of hydrogen-bond acceptors (Lipinski definition) is 1. The fourth-order valence-corrected chi connectivity index (χ4v) is 0.844. The molecule has 0 aliphatic carbocycles. The number of nitrogens with one attached hydrogen (secondary N) is 1. The Morgan fingerprint density at radius 1 is 1.40 bits per heavy atom. The minimum atomic E-state index is -0.337. The van der Waals surface area contributed by atoms with E-state index >= 15 is 0 Å². The quantitative estimate of drug-likeness (QED) is 0.492. The Morgan fingerprint density at radius 2 is 2.10 bits per heavy atom. The van der Waals surface area contributed by atoms with Crippen LogP contribution in [0.3, 0.4) is 0 Å². The lowest BCUT2D eigenvalue weighted by Crippen LogP contribution is -2.20. The molecular weight excluding hydrogens is 146 g/mol. The summed E-state index contributed by atoms with van der Waals surface area (Å²) in [5.74, 6) is 0. The standard InChI is InChI=1S/C7H14NOS/c1-2-3-4-5-6-8-7(9)10/h2-6H2,1H3,(H,8,10). The third-order valence-electron chi connectivity index (χ3n) is 1.30. The zero-order valence-corrected chi connectivity index (χ0v) is 7.17. The first-order valence-electron chi connectivity index (χ1n) is 3.72. The molecule has 59 valence electrons. The summed E-state index contributed by atoms with van der Waals surface area (Å²) in [6.07, 6.45) is 4.71. The van der Waals surface area contributed by atoms with Crippen molar-refractivity contribution in [3.05, 3.63) is 0 Å². The van der Waals surface area contributed by atoms with Gasteiger partial charge in [0.25, 0.3) is 0 Å². The van der Waals surface area contributed by atoms with E-state index in [1.165, 1.54) is 19.3 Å². The maximum atomic E-state index is 10.2. The van der Waals surface area contributed by atoms with E-state index in [1.54, 1.807) is 0 Å². The molecule has 10 heavy (non-hydrogen) atoms. The highest BCUT2D eigenvalue weighted by Crippen LogP contribution is 1.96. The van der Waals surface area contributed by atoms with Gasteiger partial charge in [0, 0.05) is 6.54 Å². The fourth-order valence-electron chi connectivity index (χ4n) is 0.742. The van der Waals surface area contributed by atoms with Crippen molar-refractivity contribution >= 4 is 17.4 Å². The molecule has 3 heteroatoms. The van der Waals surface area contributed by atoms with Gasteiger partial charge in [-0.1, -0.05) is 26.2 Å². The van der Waals surface area contributed by atoms with Gasteiger partial charge >= 0.3 is 5.17 Å². The Labute approximate surface area is 67.6 Å². The molecule has 0 aromatic heterocycles. The molecular formula is C7H14NOS. The van der Waals surface area contributed by atoms with Gasteiger partial charge in [-0.05, 0) is 18.6 Å².